The van der Waals surface area contributed by atoms with Crippen LogP contribution in [0.25, 0.3) is 0 Å². The van der Waals surface area contributed by atoms with E-state index in [1.54, 1.807) is 0 Å². The van der Waals surface area contributed by atoms with Gasteiger partial charge >= 0.3 is 0 Å². The number of aryl methyl sites for hydroxylation is 2. The van der Waals surface area contributed by atoms with Gasteiger partial charge in [-0.3, -0.25) is 10.1 Å². The number of nitrogens with zero attached hydrogens (tertiary/aromatic N) is 3. The van der Waals surface area contributed by atoms with Crippen LogP contribution < -0.4 is 11.1 Å². The van der Waals surface area contributed by atoms with Crippen molar-refractivity contribution in [3.8, 4) is 0 Å². The zero-order chi connectivity index (χ0) is 13.1. The molecule has 2 heterocycles. The van der Waals surface area contributed by atoms with E-state index in [-0.39, 0.29) is 12.5 Å². The van der Waals surface area contributed by atoms with Crippen LogP contribution in [0.4, 0.5) is 5.13 Å². The van der Waals surface area contributed by atoms with E-state index in [0.717, 1.165) is 22.0 Å². The molecular weight excluding hydrogens is 254 g/mol. The summed E-state index contributed by atoms with van der Waals surface area (Å²) in [6.07, 6.45) is 0.595. The average Bonchev–Trinajstić information content (AvgIpc) is 2.91. The molecule has 3 N–H and O–H groups in total. The van der Waals surface area contributed by atoms with Crippen LogP contribution in [0.1, 0.15) is 22.0 Å². The number of anilines is 1. The minimum absolute atomic E-state index is 0.0707. The van der Waals surface area contributed by atoms with Crippen molar-refractivity contribution in [2.24, 2.45) is 5.73 Å². The second kappa shape index (κ2) is 5.23. The van der Waals surface area contributed by atoms with Gasteiger partial charge in [-0.25, -0.2) is 0 Å². The molecule has 2 aromatic rings. The maximum atomic E-state index is 11.1. The Balaban J connectivity index is 2.09. The standard InChI is InChI=1S/C10H13N5O2S/c1-5-7(6(2)17-15-5)3-9-13-14-10(18-9)12-8(16)4-11/h3-4,11H2,1-2H3,(H,12,14,16). The van der Waals surface area contributed by atoms with Gasteiger partial charge in [0.1, 0.15) is 10.8 Å². The van der Waals surface area contributed by atoms with Gasteiger partial charge in [0.05, 0.1) is 12.2 Å². The first kappa shape index (κ1) is 12.7. The second-order valence-electron chi connectivity index (χ2n) is 3.73. The van der Waals surface area contributed by atoms with Crippen LogP contribution in [-0.4, -0.2) is 27.8 Å². The summed E-state index contributed by atoms with van der Waals surface area (Å²) in [5.74, 6) is 0.491. The Morgan fingerprint density at radius 3 is 2.83 bits per heavy atom. The Bertz CT molecular complexity index is 543. The molecule has 2 rings (SSSR count). The van der Waals surface area contributed by atoms with E-state index < -0.39 is 0 Å². The molecule has 0 aliphatic rings. The molecule has 18 heavy (non-hydrogen) atoms. The van der Waals surface area contributed by atoms with Crippen molar-refractivity contribution < 1.29 is 9.32 Å². The first-order valence-electron chi connectivity index (χ1n) is 5.34. The van der Waals surface area contributed by atoms with Crippen molar-refractivity contribution in [2.45, 2.75) is 20.3 Å². The molecule has 0 radical (unpaired) electrons. The average molecular weight is 267 g/mol. The fourth-order valence-corrected chi connectivity index (χ4v) is 2.22. The fraction of sp³-hybridized carbons (Fsp3) is 0.400. The van der Waals surface area contributed by atoms with Gasteiger partial charge in [0.2, 0.25) is 11.0 Å². The van der Waals surface area contributed by atoms with E-state index in [0.29, 0.717) is 11.6 Å². The predicted molar refractivity (Wildman–Crippen MR) is 66.4 cm³/mol. The van der Waals surface area contributed by atoms with E-state index >= 15 is 0 Å². The molecule has 0 aliphatic carbocycles. The van der Waals surface area contributed by atoms with Crippen LogP contribution in [0.2, 0.25) is 0 Å². The highest BCUT2D eigenvalue weighted by molar-refractivity contribution is 7.15. The van der Waals surface area contributed by atoms with Crippen LogP contribution in [0.3, 0.4) is 0 Å². The van der Waals surface area contributed by atoms with E-state index in [2.05, 4.69) is 20.7 Å². The third-order valence-corrected chi connectivity index (χ3v) is 3.25. The Morgan fingerprint density at radius 2 is 2.22 bits per heavy atom. The summed E-state index contributed by atoms with van der Waals surface area (Å²) in [6.45, 7) is 3.66. The molecule has 0 atom stereocenters. The minimum Gasteiger partial charge on any atom is -0.361 e. The molecule has 96 valence electrons. The van der Waals surface area contributed by atoms with Crippen LogP contribution in [-0.2, 0) is 11.2 Å². The van der Waals surface area contributed by atoms with Gasteiger partial charge < -0.3 is 10.3 Å². The molecule has 8 heteroatoms. The number of carbonyl (C=O) groups excluding carboxylic acids is 1. The summed E-state index contributed by atoms with van der Waals surface area (Å²) in [4.78, 5) is 11.1. The van der Waals surface area contributed by atoms with Gasteiger partial charge in [0, 0.05) is 12.0 Å². The summed E-state index contributed by atoms with van der Waals surface area (Å²) < 4.78 is 5.08. The van der Waals surface area contributed by atoms with Crippen LogP contribution in [0, 0.1) is 13.8 Å². The molecule has 0 saturated carbocycles. The SMILES string of the molecule is Cc1noc(C)c1Cc1nnc(NC(=O)CN)s1. The minimum atomic E-state index is -0.282. The third-order valence-electron chi connectivity index (χ3n) is 2.41. The topological polar surface area (TPSA) is 107 Å². The molecule has 7 nitrogen and oxygen atoms in total. The van der Waals surface area contributed by atoms with E-state index in [4.69, 9.17) is 10.3 Å². The van der Waals surface area contributed by atoms with Crippen molar-refractivity contribution in [3.05, 3.63) is 22.0 Å². The number of rotatable bonds is 4. The van der Waals surface area contributed by atoms with E-state index in [1.165, 1.54) is 11.3 Å². The molecular formula is C10H13N5O2S. The Labute approximate surface area is 107 Å². The summed E-state index contributed by atoms with van der Waals surface area (Å²) in [7, 11) is 0. The largest absolute Gasteiger partial charge is 0.361 e. The van der Waals surface area contributed by atoms with Gasteiger partial charge in [0.15, 0.2) is 0 Å². The number of nitrogens with one attached hydrogen (secondary N) is 1. The van der Waals surface area contributed by atoms with Gasteiger partial charge in [0.25, 0.3) is 0 Å². The summed E-state index contributed by atoms with van der Waals surface area (Å²) in [5.41, 5.74) is 7.05. The molecule has 2 aromatic heterocycles. The Kier molecular flexibility index (Phi) is 3.68. The van der Waals surface area contributed by atoms with Gasteiger partial charge in [-0.1, -0.05) is 16.5 Å². The Morgan fingerprint density at radius 1 is 1.44 bits per heavy atom. The van der Waals surface area contributed by atoms with Crippen LogP contribution in [0.5, 0.6) is 0 Å². The van der Waals surface area contributed by atoms with Crippen molar-refractivity contribution in [3.63, 3.8) is 0 Å². The number of carbonyl (C=O) groups is 1. The smallest absolute Gasteiger partial charge is 0.239 e. The molecule has 0 spiro atoms. The van der Waals surface area contributed by atoms with E-state index in [9.17, 15) is 4.79 Å². The normalized spacial score (nSPS) is 10.6. The molecule has 0 fully saturated rings. The van der Waals surface area contributed by atoms with Gasteiger partial charge in [-0.15, -0.1) is 10.2 Å². The first-order valence-corrected chi connectivity index (χ1v) is 6.16. The number of amides is 1. The highest BCUT2D eigenvalue weighted by atomic mass is 32.1. The lowest BCUT2D eigenvalue weighted by molar-refractivity contribution is -0.114. The monoisotopic (exact) mass is 267 g/mol. The highest BCUT2D eigenvalue weighted by Gasteiger charge is 2.13. The lowest BCUT2D eigenvalue weighted by Crippen LogP contribution is -2.21. The van der Waals surface area contributed by atoms with E-state index in [1.807, 2.05) is 13.8 Å². The summed E-state index contributed by atoms with van der Waals surface area (Å²) in [6, 6.07) is 0. The molecule has 0 unspecified atom stereocenters. The lowest BCUT2D eigenvalue weighted by atomic mass is 10.1. The maximum Gasteiger partial charge on any atom is 0.239 e. The van der Waals surface area contributed by atoms with Crippen LogP contribution >= 0.6 is 11.3 Å². The van der Waals surface area contributed by atoms with Crippen molar-refractivity contribution in [1.29, 1.82) is 0 Å². The zero-order valence-corrected chi connectivity index (χ0v) is 10.9. The molecule has 0 aliphatic heterocycles. The van der Waals surface area contributed by atoms with Gasteiger partial charge in [-0.05, 0) is 13.8 Å². The van der Waals surface area contributed by atoms with Gasteiger partial charge in [-0.2, -0.15) is 0 Å². The molecule has 1 amide bonds. The summed E-state index contributed by atoms with van der Waals surface area (Å²) in [5, 5.41) is 15.6. The number of hydrogen-bond donors (Lipinski definition) is 2. The van der Waals surface area contributed by atoms with Crippen molar-refractivity contribution in [1.82, 2.24) is 15.4 Å². The maximum absolute atomic E-state index is 11.1. The first-order chi connectivity index (χ1) is 8.60. The molecule has 0 saturated heterocycles. The second-order valence-corrected chi connectivity index (χ2v) is 4.79. The third kappa shape index (κ3) is 2.71. The zero-order valence-electron chi connectivity index (χ0n) is 10.1. The fourth-order valence-electron chi connectivity index (χ4n) is 1.45. The number of aromatic nitrogens is 3. The quantitative estimate of drug-likeness (QED) is 0.841. The number of hydrogen-bond acceptors (Lipinski definition) is 7. The van der Waals surface area contributed by atoms with Crippen molar-refractivity contribution >= 4 is 22.4 Å². The molecule has 0 aromatic carbocycles. The predicted octanol–water partition coefficient (Wildman–Crippen LogP) is 0.631. The number of nitrogens with two attached hydrogens (primary N) is 1. The van der Waals surface area contributed by atoms with Crippen molar-refractivity contribution in [2.75, 3.05) is 11.9 Å². The Hall–Kier alpha value is -1.80. The highest BCUT2D eigenvalue weighted by Crippen LogP contribution is 2.21. The summed E-state index contributed by atoms with van der Waals surface area (Å²) >= 11 is 1.31. The lowest BCUT2D eigenvalue weighted by Gasteiger charge is -1.95. The van der Waals surface area contributed by atoms with Crippen LogP contribution in [0.15, 0.2) is 4.52 Å². The molecule has 0 bridgehead atoms.